The maximum Gasteiger partial charge on any atom is 0.187 e. The van der Waals surface area contributed by atoms with Crippen molar-refractivity contribution in [2.75, 3.05) is 18.4 Å². The van der Waals surface area contributed by atoms with Gasteiger partial charge in [-0.15, -0.1) is 0 Å². The highest BCUT2D eigenvalue weighted by Crippen LogP contribution is 2.14. The summed E-state index contributed by atoms with van der Waals surface area (Å²) in [5, 5.41) is 5.95. The van der Waals surface area contributed by atoms with Crippen molar-refractivity contribution >= 4 is 38.9 Å². The van der Waals surface area contributed by atoms with E-state index in [0.717, 1.165) is 28.4 Å². The fraction of sp³-hybridized carbons (Fsp3) is 0.364. The van der Waals surface area contributed by atoms with E-state index in [1.165, 1.54) is 12.8 Å². The predicted octanol–water partition coefficient (Wildman–Crippen LogP) is 2.75. The van der Waals surface area contributed by atoms with Crippen molar-refractivity contribution in [1.29, 1.82) is 0 Å². The molecule has 1 aliphatic heterocycles. The second-order valence-electron chi connectivity index (χ2n) is 3.70. The first-order chi connectivity index (χ1) is 7.75. The van der Waals surface area contributed by atoms with Crippen molar-refractivity contribution in [2.45, 2.75) is 12.8 Å². The lowest BCUT2D eigenvalue weighted by atomic mass is 10.3. The Kier molecular flexibility index (Phi) is 4.15. The molecule has 1 saturated heterocycles. The van der Waals surface area contributed by atoms with Gasteiger partial charge in [-0.25, -0.2) is 5.43 Å². The van der Waals surface area contributed by atoms with Gasteiger partial charge in [0.25, 0.3) is 0 Å². The summed E-state index contributed by atoms with van der Waals surface area (Å²) in [6, 6.07) is 7.99. The molecule has 1 aliphatic rings. The van der Waals surface area contributed by atoms with Crippen LogP contribution in [0.2, 0.25) is 0 Å². The van der Waals surface area contributed by atoms with Crippen LogP contribution in [0.4, 0.5) is 5.69 Å². The zero-order chi connectivity index (χ0) is 11.4. The fourth-order valence-corrected chi connectivity index (χ4v) is 2.12. The van der Waals surface area contributed by atoms with Crippen LogP contribution in [-0.4, -0.2) is 23.2 Å². The number of nitrogens with one attached hydrogen (secondary N) is 2. The summed E-state index contributed by atoms with van der Waals surface area (Å²) in [4.78, 5) is 0. The van der Waals surface area contributed by atoms with Crippen molar-refractivity contribution in [2.24, 2.45) is 0 Å². The first kappa shape index (κ1) is 11.8. The normalized spacial score (nSPS) is 15.9. The Bertz CT molecular complexity index is 360. The molecule has 0 aliphatic carbocycles. The molecule has 0 atom stereocenters. The standard InChI is InChI=1S/C11H14BrN3S/c12-9-3-5-10(6-4-9)14-11(16)15-8-2-1-7-13-15/h3-6,13H,1-2,7-8H2,(H,14,16). The molecule has 1 heterocycles. The van der Waals surface area contributed by atoms with Crippen molar-refractivity contribution < 1.29 is 0 Å². The molecular weight excluding hydrogens is 286 g/mol. The van der Waals surface area contributed by atoms with Gasteiger partial charge in [0.2, 0.25) is 0 Å². The van der Waals surface area contributed by atoms with Gasteiger partial charge in [-0.05, 0) is 49.3 Å². The second kappa shape index (κ2) is 5.61. The summed E-state index contributed by atoms with van der Waals surface area (Å²) >= 11 is 8.73. The molecule has 16 heavy (non-hydrogen) atoms. The summed E-state index contributed by atoms with van der Waals surface area (Å²) in [5.74, 6) is 0. The monoisotopic (exact) mass is 299 g/mol. The minimum absolute atomic E-state index is 0.738. The van der Waals surface area contributed by atoms with Gasteiger partial charge in [0.05, 0.1) is 0 Å². The van der Waals surface area contributed by atoms with E-state index < -0.39 is 0 Å². The average Bonchev–Trinajstić information content (AvgIpc) is 2.33. The first-order valence-corrected chi connectivity index (χ1v) is 6.53. The van der Waals surface area contributed by atoms with E-state index >= 15 is 0 Å². The SMILES string of the molecule is S=C(Nc1ccc(Br)cc1)N1CCCCN1. The molecule has 2 rings (SSSR count). The summed E-state index contributed by atoms with van der Waals surface area (Å²) in [6.45, 7) is 1.98. The van der Waals surface area contributed by atoms with Crippen LogP contribution in [0.1, 0.15) is 12.8 Å². The molecular formula is C11H14BrN3S. The number of thiocarbonyl (C=S) groups is 1. The summed E-state index contributed by atoms with van der Waals surface area (Å²) in [5.41, 5.74) is 4.29. The molecule has 1 aromatic carbocycles. The third-order valence-corrected chi connectivity index (χ3v) is 3.30. The van der Waals surface area contributed by atoms with Gasteiger partial charge in [0.1, 0.15) is 0 Å². The Morgan fingerprint density at radius 1 is 1.31 bits per heavy atom. The van der Waals surface area contributed by atoms with Crippen LogP contribution in [0.25, 0.3) is 0 Å². The highest BCUT2D eigenvalue weighted by molar-refractivity contribution is 9.10. The van der Waals surface area contributed by atoms with E-state index in [2.05, 4.69) is 26.7 Å². The smallest absolute Gasteiger partial charge is 0.187 e. The maximum atomic E-state index is 5.33. The number of hydrazine groups is 1. The highest BCUT2D eigenvalue weighted by Gasteiger charge is 2.12. The van der Waals surface area contributed by atoms with Crippen LogP contribution < -0.4 is 10.7 Å². The van der Waals surface area contributed by atoms with E-state index in [0.29, 0.717) is 0 Å². The minimum atomic E-state index is 0.738. The third-order valence-electron chi connectivity index (χ3n) is 2.45. The molecule has 5 heteroatoms. The lowest BCUT2D eigenvalue weighted by molar-refractivity contribution is 0.261. The quantitative estimate of drug-likeness (QED) is 0.780. The van der Waals surface area contributed by atoms with Crippen LogP contribution in [0.5, 0.6) is 0 Å². The van der Waals surface area contributed by atoms with E-state index in [4.69, 9.17) is 12.2 Å². The Morgan fingerprint density at radius 3 is 2.69 bits per heavy atom. The Labute approximate surface area is 109 Å². The maximum absolute atomic E-state index is 5.33. The molecule has 0 amide bonds. The number of hydrogen-bond acceptors (Lipinski definition) is 2. The lowest BCUT2D eigenvalue weighted by Gasteiger charge is -2.30. The van der Waals surface area contributed by atoms with Crippen LogP contribution in [0.15, 0.2) is 28.7 Å². The number of anilines is 1. The largest absolute Gasteiger partial charge is 0.332 e. The highest BCUT2D eigenvalue weighted by atomic mass is 79.9. The Morgan fingerprint density at radius 2 is 2.06 bits per heavy atom. The van der Waals surface area contributed by atoms with Crippen molar-refractivity contribution in [3.8, 4) is 0 Å². The molecule has 0 spiro atoms. The molecule has 0 saturated carbocycles. The van der Waals surface area contributed by atoms with E-state index in [1.54, 1.807) is 0 Å². The number of hydrogen-bond donors (Lipinski definition) is 2. The zero-order valence-electron chi connectivity index (χ0n) is 8.87. The van der Waals surface area contributed by atoms with Gasteiger partial charge in [0, 0.05) is 23.2 Å². The molecule has 3 nitrogen and oxygen atoms in total. The fourth-order valence-electron chi connectivity index (χ4n) is 1.59. The van der Waals surface area contributed by atoms with E-state index in [-0.39, 0.29) is 0 Å². The Hall–Kier alpha value is -0.650. The summed E-state index contributed by atoms with van der Waals surface area (Å²) in [6.07, 6.45) is 2.41. The summed E-state index contributed by atoms with van der Waals surface area (Å²) in [7, 11) is 0. The van der Waals surface area contributed by atoms with Crippen LogP contribution in [0.3, 0.4) is 0 Å². The molecule has 0 bridgehead atoms. The molecule has 0 aromatic heterocycles. The topological polar surface area (TPSA) is 27.3 Å². The van der Waals surface area contributed by atoms with Crippen molar-refractivity contribution in [3.63, 3.8) is 0 Å². The van der Waals surface area contributed by atoms with Gasteiger partial charge < -0.3 is 5.32 Å². The van der Waals surface area contributed by atoms with Crippen LogP contribution >= 0.6 is 28.1 Å². The van der Waals surface area contributed by atoms with Crippen molar-refractivity contribution in [1.82, 2.24) is 10.4 Å². The molecule has 2 N–H and O–H groups in total. The lowest BCUT2D eigenvalue weighted by Crippen LogP contribution is -2.48. The molecule has 1 aromatic rings. The van der Waals surface area contributed by atoms with Crippen LogP contribution in [-0.2, 0) is 0 Å². The van der Waals surface area contributed by atoms with Gasteiger partial charge >= 0.3 is 0 Å². The van der Waals surface area contributed by atoms with E-state index in [1.807, 2.05) is 29.3 Å². The molecule has 1 fully saturated rings. The number of nitrogens with zero attached hydrogens (tertiary/aromatic N) is 1. The molecule has 0 unspecified atom stereocenters. The van der Waals surface area contributed by atoms with Crippen molar-refractivity contribution in [3.05, 3.63) is 28.7 Å². The average molecular weight is 300 g/mol. The molecule has 86 valence electrons. The number of halogens is 1. The summed E-state index contributed by atoms with van der Waals surface area (Å²) < 4.78 is 1.07. The second-order valence-corrected chi connectivity index (χ2v) is 5.01. The van der Waals surface area contributed by atoms with Gasteiger partial charge in [-0.3, -0.25) is 5.01 Å². The van der Waals surface area contributed by atoms with Gasteiger partial charge in [-0.1, -0.05) is 15.9 Å². The number of benzene rings is 1. The zero-order valence-corrected chi connectivity index (χ0v) is 11.3. The van der Waals surface area contributed by atoms with Gasteiger partial charge in [0.15, 0.2) is 5.11 Å². The molecule has 0 radical (unpaired) electrons. The Balaban J connectivity index is 1.93. The number of rotatable bonds is 1. The van der Waals surface area contributed by atoms with Gasteiger partial charge in [-0.2, -0.15) is 0 Å². The third kappa shape index (κ3) is 3.17. The van der Waals surface area contributed by atoms with Crippen LogP contribution in [0, 0.1) is 0 Å². The first-order valence-electron chi connectivity index (χ1n) is 5.33. The predicted molar refractivity (Wildman–Crippen MR) is 74.3 cm³/mol. The van der Waals surface area contributed by atoms with E-state index in [9.17, 15) is 0 Å². The minimum Gasteiger partial charge on any atom is -0.332 e.